The van der Waals surface area contributed by atoms with Gasteiger partial charge in [-0.05, 0) is 31.5 Å². The topological polar surface area (TPSA) is 38.0 Å². The third-order valence-corrected chi connectivity index (χ3v) is 3.56. The van der Waals surface area contributed by atoms with Gasteiger partial charge in [0.05, 0.1) is 0 Å². The molecule has 3 heteroatoms. The van der Waals surface area contributed by atoms with Crippen LogP contribution in [0.15, 0.2) is 36.9 Å². The molecule has 0 amide bonds. The Hall–Kier alpha value is -1.74. The molecule has 0 atom stereocenters. The second-order valence-electron chi connectivity index (χ2n) is 4.07. The van der Waals surface area contributed by atoms with Gasteiger partial charge in [-0.1, -0.05) is 24.8 Å². The maximum Gasteiger partial charge on any atom is 0.102 e. The fraction of sp³-hybridized carbons (Fsp3) is 0.143. The van der Waals surface area contributed by atoms with Crippen LogP contribution in [0.25, 0.3) is 5.70 Å². The molecule has 2 aromatic rings. The fourth-order valence-corrected chi connectivity index (χ4v) is 2.64. The minimum Gasteiger partial charge on any atom is -0.399 e. The predicted molar refractivity (Wildman–Crippen MR) is 76.7 cm³/mol. The third kappa shape index (κ3) is 2.50. The Morgan fingerprint density at radius 2 is 2.00 bits per heavy atom. The second kappa shape index (κ2) is 4.63. The normalized spacial score (nSPS) is 10.2. The Morgan fingerprint density at radius 3 is 2.65 bits per heavy atom. The molecule has 0 saturated heterocycles. The summed E-state index contributed by atoms with van der Waals surface area (Å²) < 4.78 is 0. The monoisotopic (exact) mass is 244 g/mol. The molecule has 17 heavy (non-hydrogen) atoms. The van der Waals surface area contributed by atoms with Crippen LogP contribution in [0.1, 0.15) is 16.0 Å². The van der Waals surface area contributed by atoms with Crippen LogP contribution in [0.3, 0.4) is 0 Å². The zero-order valence-corrected chi connectivity index (χ0v) is 10.9. The van der Waals surface area contributed by atoms with Crippen molar-refractivity contribution in [2.45, 2.75) is 13.8 Å². The summed E-state index contributed by atoms with van der Waals surface area (Å²) in [6.07, 6.45) is 0. The first kappa shape index (κ1) is 11.7. The van der Waals surface area contributed by atoms with Gasteiger partial charge in [0, 0.05) is 21.8 Å². The van der Waals surface area contributed by atoms with Crippen LogP contribution in [0, 0.1) is 13.8 Å². The number of nitrogens with one attached hydrogen (secondary N) is 1. The number of rotatable bonds is 3. The Balaban J connectivity index is 2.36. The molecule has 3 N–H and O–H groups in total. The average molecular weight is 244 g/mol. The number of thiophene rings is 1. The van der Waals surface area contributed by atoms with Gasteiger partial charge in [-0.15, -0.1) is 11.3 Å². The van der Waals surface area contributed by atoms with E-state index in [9.17, 15) is 0 Å². The lowest BCUT2D eigenvalue weighted by atomic mass is 10.2. The molecule has 1 aromatic carbocycles. The van der Waals surface area contributed by atoms with E-state index in [-0.39, 0.29) is 0 Å². The van der Waals surface area contributed by atoms with Crippen molar-refractivity contribution in [2.24, 2.45) is 5.73 Å². The van der Waals surface area contributed by atoms with Gasteiger partial charge >= 0.3 is 0 Å². The second-order valence-corrected chi connectivity index (χ2v) is 5.32. The molecular weight excluding hydrogens is 228 g/mol. The number of anilines is 2. The van der Waals surface area contributed by atoms with Gasteiger partial charge in [0.1, 0.15) is 5.00 Å². The van der Waals surface area contributed by atoms with E-state index < -0.39 is 0 Å². The summed E-state index contributed by atoms with van der Waals surface area (Å²) in [5.74, 6) is 0. The third-order valence-electron chi connectivity index (χ3n) is 2.59. The molecule has 0 saturated carbocycles. The van der Waals surface area contributed by atoms with Gasteiger partial charge in [-0.3, -0.25) is 0 Å². The summed E-state index contributed by atoms with van der Waals surface area (Å²) in [5.41, 5.74) is 9.71. The highest BCUT2D eigenvalue weighted by Crippen LogP contribution is 2.33. The first-order valence-electron chi connectivity index (χ1n) is 5.46. The van der Waals surface area contributed by atoms with E-state index in [4.69, 9.17) is 5.73 Å². The van der Waals surface area contributed by atoms with Crippen molar-refractivity contribution in [1.82, 2.24) is 0 Å². The highest BCUT2D eigenvalue weighted by Gasteiger charge is 2.09. The SMILES string of the molecule is C=C(N)c1cc(C)sc1Nc1ccccc1C. The van der Waals surface area contributed by atoms with Gasteiger partial charge in [0.15, 0.2) is 0 Å². The highest BCUT2D eigenvalue weighted by molar-refractivity contribution is 7.16. The fourth-order valence-electron chi connectivity index (χ4n) is 1.68. The molecule has 88 valence electrons. The Kier molecular flexibility index (Phi) is 3.20. The van der Waals surface area contributed by atoms with Gasteiger partial charge < -0.3 is 11.1 Å². The molecular formula is C14H16N2S. The molecule has 0 spiro atoms. The number of aryl methyl sites for hydroxylation is 2. The van der Waals surface area contributed by atoms with Gasteiger partial charge in [0.2, 0.25) is 0 Å². The first-order valence-corrected chi connectivity index (χ1v) is 6.27. The van der Waals surface area contributed by atoms with Crippen LogP contribution in [0.2, 0.25) is 0 Å². The average Bonchev–Trinajstić information content (AvgIpc) is 2.63. The Labute approximate surface area is 106 Å². The van der Waals surface area contributed by atoms with E-state index >= 15 is 0 Å². The summed E-state index contributed by atoms with van der Waals surface area (Å²) in [6.45, 7) is 7.96. The Morgan fingerprint density at radius 1 is 1.29 bits per heavy atom. The summed E-state index contributed by atoms with van der Waals surface area (Å²) in [4.78, 5) is 1.22. The van der Waals surface area contributed by atoms with Crippen LogP contribution in [-0.2, 0) is 0 Å². The van der Waals surface area contributed by atoms with E-state index in [0.717, 1.165) is 16.3 Å². The molecule has 0 aliphatic rings. The number of benzene rings is 1. The summed E-state index contributed by atoms with van der Waals surface area (Å²) in [5, 5.41) is 4.48. The van der Waals surface area contributed by atoms with Crippen molar-refractivity contribution in [2.75, 3.05) is 5.32 Å². The van der Waals surface area contributed by atoms with Crippen molar-refractivity contribution in [3.05, 3.63) is 52.9 Å². The van der Waals surface area contributed by atoms with Crippen LogP contribution in [0.5, 0.6) is 0 Å². The molecule has 0 fully saturated rings. The summed E-state index contributed by atoms with van der Waals surface area (Å²) in [6, 6.07) is 10.3. The lowest BCUT2D eigenvalue weighted by molar-refractivity contribution is 1.44. The van der Waals surface area contributed by atoms with Crippen molar-refractivity contribution in [3.8, 4) is 0 Å². The molecule has 0 radical (unpaired) electrons. The summed E-state index contributed by atoms with van der Waals surface area (Å²) in [7, 11) is 0. The highest BCUT2D eigenvalue weighted by atomic mass is 32.1. The lowest BCUT2D eigenvalue weighted by Gasteiger charge is -2.09. The molecule has 1 heterocycles. The molecule has 0 aliphatic heterocycles. The van der Waals surface area contributed by atoms with E-state index in [0.29, 0.717) is 5.70 Å². The smallest absolute Gasteiger partial charge is 0.102 e. The van der Waals surface area contributed by atoms with E-state index in [1.807, 2.05) is 12.1 Å². The van der Waals surface area contributed by atoms with E-state index in [1.165, 1.54) is 10.4 Å². The molecule has 2 nitrogen and oxygen atoms in total. The van der Waals surface area contributed by atoms with E-state index in [2.05, 4.69) is 43.9 Å². The van der Waals surface area contributed by atoms with Crippen molar-refractivity contribution < 1.29 is 0 Å². The number of para-hydroxylation sites is 1. The predicted octanol–water partition coefficient (Wildman–Crippen LogP) is 4.04. The molecule has 0 bridgehead atoms. The minimum atomic E-state index is 0.602. The largest absolute Gasteiger partial charge is 0.399 e. The molecule has 1 aromatic heterocycles. The quantitative estimate of drug-likeness (QED) is 0.855. The first-order chi connectivity index (χ1) is 8.08. The standard InChI is InChI=1S/C14H16N2S/c1-9-6-4-5-7-13(9)16-14-12(11(3)15)8-10(2)17-14/h4-8,16H,3,15H2,1-2H3. The van der Waals surface area contributed by atoms with Gasteiger partial charge in [0.25, 0.3) is 0 Å². The molecule has 2 rings (SSSR count). The minimum absolute atomic E-state index is 0.602. The number of nitrogens with two attached hydrogens (primary N) is 1. The van der Waals surface area contributed by atoms with Crippen molar-refractivity contribution in [3.63, 3.8) is 0 Å². The van der Waals surface area contributed by atoms with Crippen molar-refractivity contribution in [1.29, 1.82) is 0 Å². The Bertz CT molecular complexity index is 555. The maximum atomic E-state index is 5.79. The molecule has 0 unspecified atom stereocenters. The van der Waals surface area contributed by atoms with Crippen molar-refractivity contribution >= 4 is 27.7 Å². The maximum absolute atomic E-state index is 5.79. The van der Waals surface area contributed by atoms with E-state index in [1.54, 1.807) is 11.3 Å². The van der Waals surface area contributed by atoms with Crippen LogP contribution < -0.4 is 11.1 Å². The summed E-state index contributed by atoms with van der Waals surface area (Å²) >= 11 is 1.69. The lowest BCUT2D eigenvalue weighted by Crippen LogP contribution is -1.97. The van der Waals surface area contributed by atoms with Crippen LogP contribution in [-0.4, -0.2) is 0 Å². The zero-order valence-electron chi connectivity index (χ0n) is 10.1. The zero-order chi connectivity index (χ0) is 12.4. The van der Waals surface area contributed by atoms with Crippen LogP contribution in [0.4, 0.5) is 10.7 Å². The molecule has 0 aliphatic carbocycles. The number of hydrogen-bond donors (Lipinski definition) is 2. The number of hydrogen-bond acceptors (Lipinski definition) is 3. The van der Waals surface area contributed by atoms with Gasteiger partial charge in [-0.25, -0.2) is 0 Å². The van der Waals surface area contributed by atoms with Gasteiger partial charge in [-0.2, -0.15) is 0 Å². The van der Waals surface area contributed by atoms with Crippen LogP contribution >= 0.6 is 11.3 Å².